The molecule has 0 saturated heterocycles. The average Bonchev–Trinajstić information content (AvgIpc) is 1.51. The second-order valence-electron chi connectivity index (χ2n) is 32.4. The minimum absolute atomic E-state index is 0.155. The molecule has 5 aliphatic rings. The Hall–Kier alpha value is -14.9. The topological polar surface area (TPSA) is 76.0 Å². The van der Waals surface area contributed by atoms with Gasteiger partial charge in [0.05, 0.1) is 56.4 Å². The number of rotatable bonds is 10. The maximum atomic E-state index is 5.69. The quantitative estimate of drug-likeness (QED) is 0.137. The zero-order valence-corrected chi connectivity index (χ0v) is 67.5. The van der Waals surface area contributed by atoms with Crippen LogP contribution < -0.4 is 5.32 Å². The fraction of sp³-hybridized carbons (Fsp3) is 0.0263. The van der Waals surface area contributed by atoms with Crippen LogP contribution in [0.25, 0.3) is 150 Å². The van der Waals surface area contributed by atoms with Gasteiger partial charge < -0.3 is 5.32 Å². The van der Waals surface area contributed by atoms with Gasteiger partial charge in [-0.25, -0.2) is 24.9 Å². The number of pyridine rings is 2. The maximum absolute atomic E-state index is 5.69. The Morgan fingerprint density at radius 2 is 0.623 bits per heavy atom. The molecule has 1 atom stereocenters. The van der Waals surface area contributed by atoms with Crippen molar-refractivity contribution in [2.75, 3.05) is 0 Å². The van der Waals surface area contributed by atoms with Crippen LogP contribution in [0.5, 0.6) is 0 Å². The number of nitrogens with zero attached hydrogens (tertiary/aromatic N) is 5. The summed E-state index contributed by atoms with van der Waals surface area (Å²) in [5.41, 5.74) is 33.2. The van der Waals surface area contributed by atoms with Crippen molar-refractivity contribution in [2.24, 2.45) is 4.99 Å². The number of aromatic nitrogens is 4. The van der Waals surface area contributed by atoms with Gasteiger partial charge in [0, 0.05) is 80.1 Å². The van der Waals surface area contributed by atoms with Crippen LogP contribution in [-0.2, 0) is 10.8 Å². The molecule has 17 aromatic carbocycles. The third kappa shape index (κ3) is 10.9. The van der Waals surface area contributed by atoms with Crippen LogP contribution in [0.2, 0.25) is 0 Å². The molecule has 568 valence electrons. The lowest BCUT2D eigenvalue weighted by Crippen LogP contribution is -2.31. The van der Waals surface area contributed by atoms with Crippen molar-refractivity contribution in [3.63, 3.8) is 0 Å². The third-order valence-electron chi connectivity index (χ3n) is 25.8. The van der Waals surface area contributed by atoms with Crippen LogP contribution >= 0.6 is 23.5 Å². The van der Waals surface area contributed by atoms with E-state index in [2.05, 4.69) is 412 Å². The molecule has 8 heteroatoms. The fourth-order valence-electron chi connectivity index (χ4n) is 20.3. The van der Waals surface area contributed by atoms with Gasteiger partial charge in [-0.1, -0.05) is 357 Å². The second kappa shape index (κ2) is 27.8. The van der Waals surface area contributed by atoms with Crippen LogP contribution in [0.1, 0.15) is 67.2 Å². The highest BCUT2D eigenvalue weighted by molar-refractivity contribution is 7.99. The highest BCUT2D eigenvalue weighted by Gasteiger charge is 2.52. The number of nitrogens with one attached hydrogen (secondary N) is 1. The summed E-state index contributed by atoms with van der Waals surface area (Å²) in [7, 11) is 0. The van der Waals surface area contributed by atoms with Crippen molar-refractivity contribution in [3.8, 4) is 101 Å². The van der Waals surface area contributed by atoms with Gasteiger partial charge in [-0.15, -0.1) is 0 Å². The first-order chi connectivity index (χ1) is 60.4. The predicted octanol–water partition coefficient (Wildman–Crippen LogP) is 28.3. The van der Waals surface area contributed by atoms with E-state index in [1.54, 1.807) is 0 Å². The van der Waals surface area contributed by atoms with E-state index in [0.717, 1.165) is 139 Å². The standard InChI is InChI=1S/C114H70N6S2/c1-5-26-71(27-6-1)99-67-101(79-56-58-83-85-65-97-87(63-89(85)109(115-103(83)61-79)73-28-7-2-8-29-73)81-36-13-15-38-91(81)113(97)93-40-17-21-44-105(93)121-106-45-22-18-41-94(106)113)120-112(117-99)76-54-50-70(51-55-76)78-35-25-34-77(60-78)69-48-52-72(53-49-69)100-68-102(119-111(118-100)75-32-11-4-12-33-75)80-57-59-84-86-66-98-88(64-90(86)110(116-104(84)62-80)74-30-9-3-10-31-74)82-37-14-16-39-92(82)114(98)95-42-19-23-46-107(95)122-108-47-24-20-43-96(108)114/h1-68,99H,(H,117,120). The van der Waals surface area contributed by atoms with Crippen molar-refractivity contribution in [1.82, 2.24) is 25.3 Å². The van der Waals surface area contributed by atoms with Crippen LogP contribution in [0.4, 0.5) is 0 Å². The number of fused-ring (bicyclic) bond motifs is 24. The summed E-state index contributed by atoms with van der Waals surface area (Å²) >= 11 is 3.75. The molecule has 3 aliphatic heterocycles. The molecule has 0 amide bonds. The molecule has 1 N–H and O–H groups in total. The second-order valence-corrected chi connectivity index (χ2v) is 34.6. The number of hydrogen-bond donors (Lipinski definition) is 1. The summed E-state index contributed by atoms with van der Waals surface area (Å²) in [4.78, 5) is 32.8. The molecular weight excluding hydrogens is 1520 g/mol. The van der Waals surface area contributed by atoms with Crippen LogP contribution in [-0.4, -0.2) is 25.8 Å². The molecule has 6 nitrogen and oxygen atoms in total. The number of amidine groups is 1. The van der Waals surface area contributed by atoms with E-state index >= 15 is 0 Å². The number of aliphatic imine (C=N–C) groups is 1. The molecule has 0 radical (unpaired) electrons. The predicted molar refractivity (Wildman–Crippen MR) is 502 cm³/mol. The van der Waals surface area contributed by atoms with Crippen molar-refractivity contribution < 1.29 is 0 Å². The molecule has 3 aromatic heterocycles. The van der Waals surface area contributed by atoms with Gasteiger partial charge in [-0.3, -0.25) is 0 Å². The SMILES string of the molecule is C1=C(c2ccc3c(c2)nc(-c2ccccc2)c2cc4c(cc23)C2(c3ccccc3Sc3ccccc32)c2ccccc2-4)N=C(c2ccc(-c3cccc(-c4ccc(-c5cc(-c6ccc7c(c6)nc(-c6ccccc6)c6cc8c(cc67)C6(c7ccccc7Sc7ccccc76)c6ccccc6-8)nc(-c6ccccc6)n5)cc4)c3)cc2)NC1c1ccccc1. The molecular formula is C114H70N6S2. The van der Waals surface area contributed by atoms with E-state index in [4.69, 9.17) is 24.9 Å². The van der Waals surface area contributed by atoms with Gasteiger partial charge in [-0.2, -0.15) is 0 Å². The van der Waals surface area contributed by atoms with Crippen molar-refractivity contribution in [2.45, 2.75) is 36.5 Å². The highest BCUT2D eigenvalue weighted by atomic mass is 32.2. The van der Waals surface area contributed by atoms with E-state index in [9.17, 15) is 0 Å². The monoisotopic (exact) mass is 1590 g/mol. The maximum Gasteiger partial charge on any atom is 0.160 e. The minimum atomic E-state index is -0.526. The molecule has 6 heterocycles. The summed E-state index contributed by atoms with van der Waals surface area (Å²) in [5.74, 6) is 1.45. The zero-order valence-electron chi connectivity index (χ0n) is 65.9. The smallest absolute Gasteiger partial charge is 0.160 e. The largest absolute Gasteiger partial charge is 0.359 e. The van der Waals surface area contributed by atoms with Gasteiger partial charge in [0.1, 0.15) is 5.84 Å². The van der Waals surface area contributed by atoms with Crippen LogP contribution in [0.15, 0.2) is 437 Å². The Kier molecular flexibility index (Phi) is 16.0. The summed E-state index contributed by atoms with van der Waals surface area (Å²) in [6, 6.07) is 149. The molecule has 122 heavy (non-hydrogen) atoms. The fourth-order valence-corrected chi connectivity index (χ4v) is 22.7. The van der Waals surface area contributed by atoms with Gasteiger partial charge in [-0.05, 0) is 184 Å². The number of benzene rings is 17. The summed E-state index contributed by atoms with van der Waals surface area (Å²) in [6.07, 6.45) is 2.26. The van der Waals surface area contributed by atoms with Gasteiger partial charge in [0.25, 0.3) is 0 Å². The van der Waals surface area contributed by atoms with Crippen molar-refractivity contribution in [3.05, 3.63) is 474 Å². The van der Waals surface area contributed by atoms with Gasteiger partial charge in [0.2, 0.25) is 0 Å². The van der Waals surface area contributed by atoms with E-state index in [1.165, 1.54) is 91.7 Å². The van der Waals surface area contributed by atoms with E-state index < -0.39 is 10.8 Å². The van der Waals surface area contributed by atoms with Gasteiger partial charge in [0.15, 0.2) is 5.82 Å². The lowest BCUT2D eigenvalue weighted by Gasteiger charge is -2.39. The molecule has 20 aromatic rings. The third-order valence-corrected chi connectivity index (χ3v) is 28.1. The lowest BCUT2D eigenvalue weighted by atomic mass is 9.67. The highest BCUT2D eigenvalue weighted by Crippen LogP contribution is 2.65. The Morgan fingerprint density at radius 1 is 0.238 bits per heavy atom. The van der Waals surface area contributed by atoms with Crippen molar-refractivity contribution >= 4 is 78.4 Å². The lowest BCUT2D eigenvalue weighted by molar-refractivity contribution is 0.723. The Labute approximate surface area is 714 Å². The summed E-state index contributed by atoms with van der Waals surface area (Å²) in [5, 5.41) is 10.6. The van der Waals surface area contributed by atoms with Crippen molar-refractivity contribution in [1.29, 1.82) is 0 Å². The van der Waals surface area contributed by atoms with Gasteiger partial charge >= 0.3 is 0 Å². The summed E-state index contributed by atoms with van der Waals surface area (Å²) in [6.45, 7) is 0. The Balaban J connectivity index is 0.547. The summed E-state index contributed by atoms with van der Waals surface area (Å²) < 4.78 is 0. The molecule has 25 rings (SSSR count). The molecule has 2 spiro atoms. The van der Waals surface area contributed by atoms with E-state index in [1.807, 2.05) is 29.6 Å². The first kappa shape index (κ1) is 70.1. The zero-order chi connectivity index (χ0) is 80.1. The average molecular weight is 1590 g/mol. The molecule has 1 unspecified atom stereocenters. The molecule has 0 bridgehead atoms. The first-order valence-corrected chi connectivity index (χ1v) is 43.3. The Morgan fingerprint density at radius 3 is 1.11 bits per heavy atom. The molecule has 0 saturated carbocycles. The van der Waals surface area contributed by atoms with Crippen LogP contribution in [0, 0.1) is 0 Å². The van der Waals surface area contributed by atoms with Crippen LogP contribution in [0.3, 0.4) is 0 Å². The molecule has 0 fully saturated rings. The minimum Gasteiger partial charge on any atom is -0.359 e. The van der Waals surface area contributed by atoms with E-state index in [-0.39, 0.29) is 6.04 Å². The Bertz CT molecular complexity index is 7750. The normalized spacial score (nSPS) is 14.5. The number of hydrogen-bond acceptors (Lipinski definition) is 8. The molecule has 2 aliphatic carbocycles. The van der Waals surface area contributed by atoms with E-state index in [0.29, 0.717) is 5.82 Å². The first-order valence-electron chi connectivity index (χ1n) is 41.7.